The van der Waals surface area contributed by atoms with Gasteiger partial charge in [-0.15, -0.1) is 0 Å². The van der Waals surface area contributed by atoms with E-state index in [1.54, 1.807) is 19.2 Å². The summed E-state index contributed by atoms with van der Waals surface area (Å²) in [6.45, 7) is 3.04. The van der Waals surface area contributed by atoms with E-state index in [0.29, 0.717) is 53.0 Å². The Morgan fingerprint density at radius 2 is 2.08 bits per heavy atom. The topological polar surface area (TPSA) is 104 Å². The van der Waals surface area contributed by atoms with Crippen molar-refractivity contribution in [3.05, 3.63) is 48.2 Å². The number of anilines is 4. The molecule has 1 aromatic carbocycles. The van der Waals surface area contributed by atoms with Crippen molar-refractivity contribution in [2.45, 2.75) is 32.4 Å². The minimum Gasteiger partial charge on any atom is -0.487 e. The van der Waals surface area contributed by atoms with Crippen LogP contribution in [0.4, 0.5) is 45.4 Å². The van der Waals surface area contributed by atoms with Crippen molar-refractivity contribution in [1.29, 1.82) is 0 Å². The van der Waals surface area contributed by atoms with E-state index in [1.165, 1.54) is 23.4 Å². The maximum absolute atomic E-state index is 14.8. The second kappa shape index (κ2) is 10.9. The Morgan fingerprint density at radius 3 is 2.90 bits per heavy atom. The first-order valence-corrected chi connectivity index (χ1v) is 12.5. The number of halogens is 4. The lowest BCUT2D eigenvalue weighted by atomic mass is 10.1. The first-order valence-electron chi connectivity index (χ1n) is 12.5. The number of carbonyl (C=O) groups is 1. The molecule has 2 aromatic heterocycles. The molecule has 0 bridgehead atoms. The summed E-state index contributed by atoms with van der Waals surface area (Å²) in [7, 11) is 0. The van der Waals surface area contributed by atoms with Crippen molar-refractivity contribution in [2.24, 2.45) is 5.92 Å². The van der Waals surface area contributed by atoms with Crippen LogP contribution in [0, 0.1) is 18.7 Å². The maximum atomic E-state index is 14.8. The van der Waals surface area contributed by atoms with Gasteiger partial charge >= 0.3 is 12.2 Å². The zero-order valence-corrected chi connectivity index (χ0v) is 21.1. The highest BCUT2D eigenvalue weighted by Crippen LogP contribution is 2.39. The fourth-order valence-corrected chi connectivity index (χ4v) is 4.71. The first kappa shape index (κ1) is 26.4. The first-order chi connectivity index (χ1) is 18.7. The number of rotatable bonds is 5. The van der Waals surface area contributed by atoms with Crippen LogP contribution >= 0.6 is 0 Å². The second-order valence-electron chi connectivity index (χ2n) is 9.55. The summed E-state index contributed by atoms with van der Waals surface area (Å²) in [4.78, 5) is 27.1. The average Bonchev–Trinajstić information content (AvgIpc) is 3.20. The molecule has 1 saturated heterocycles. The molecular weight excluding hydrogens is 518 g/mol. The smallest absolute Gasteiger partial charge is 0.389 e. The van der Waals surface area contributed by atoms with E-state index < -0.39 is 30.4 Å². The lowest BCUT2D eigenvalue weighted by Gasteiger charge is -2.20. The van der Waals surface area contributed by atoms with E-state index >= 15 is 0 Å². The summed E-state index contributed by atoms with van der Waals surface area (Å²) in [6.07, 6.45) is -1.18. The van der Waals surface area contributed by atoms with E-state index in [9.17, 15) is 22.4 Å². The number of fused-ring (bicyclic) bond motifs is 1. The summed E-state index contributed by atoms with van der Waals surface area (Å²) >= 11 is 0. The van der Waals surface area contributed by atoms with Crippen LogP contribution in [0.1, 0.15) is 24.8 Å². The van der Waals surface area contributed by atoms with Crippen LogP contribution in [0.5, 0.6) is 5.75 Å². The van der Waals surface area contributed by atoms with Crippen molar-refractivity contribution >= 4 is 29.0 Å². The predicted molar refractivity (Wildman–Crippen MR) is 138 cm³/mol. The number of likely N-dealkylation sites (tertiary alicyclic amines) is 1. The van der Waals surface area contributed by atoms with Crippen LogP contribution < -0.4 is 20.7 Å². The molecule has 39 heavy (non-hydrogen) atoms. The van der Waals surface area contributed by atoms with Gasteiger partial charge in [-0.1, -0.05) is 0 Å². The number of pyridine rings is 1. The molecule has 1 fully saturated rings. The van der Waals surface area contributed by atoms with Crippen LogP contribution in [0.15, 0.2) is 36.8 Å². The van der Waals surface area contributed by atoms with E-state index in [0.717, 1.165) is 6.42 Å². The van der Waals surface area contributed by atoms with Gasteiger partial charge in [0.1, 0.15) is 23.7 Å². The zero-order chi connectivity index (χ0) is 27.6. The number of nitrogens with one attached hydrogen (secondary N) is 3. The van der Waals surface area contributed by atoms with Crippen molar-refractivity contribution < 1.29 is 27.1 Å². The second-order valence-corrected chi connectivity index (χ2v) is 9.55. The molecule has 5 rings (SSSR count). The number of ether oxygens (including phenoxy) is 1. The van der Waals surface area contributed by atoms with Gasteiger partial charge in [-0.25, -0.2) is 24.1 Å². The Balaban J connectivity index is 1.37. The standard InChI is InChI=1S/C26H27F4N7O2/c1-15-10-18(27)20(36-25(38)37-8-5-16(13-37)12-26(28,29)30)11-19(15)35-23-17(4-2-6-31-23)21-22-24(34-14-33-21)32-7-3-9-39-22/h2,4,6,10-11,14,16H,3,5,7-9,12-13H2,1H3,(H,31,35)(H,36,38)(H,32,33,34). The molecule has 2 amide bonds. The maximum Gasteiger partial charge on any atom is 0.389 e. The number of benzene rings is 1. The van der Waals surface area contributed by atoms with Gasteiger partial charge in [0.05, 0.1) is 12.3 Å². The molecule has 2 aliphatic heterocycles. The fraction of sp³-hybridized carbons (Fsp3) is 0.385. The lowest BCUT2D eigenvalue weighted by Crippen LogP contribution is -2.33. The number of aryl methyl sites for hydroxylation is 1. The fourth-order valence-electron chi connectivity index (χ4n) is 4.71. The zero-order valence-electron chi connectivity index (χ0n) is 21.1. The number of hydrogen-bond donors (Lipinski definition) is 3. The van der Waals surface area contributed by atoms with Crippen LogP contribution in [-0.4, -0.2) is 58.3 Å². The van der Waals surface area contributed by atoms with Crippen LogP contribution in [0.2, 0.25) is 0 Å². The lowest BCUT2D eigenvalue weighted by molar-refractivity contribution is -0.143. The third kappa shape index (κ3) is 6.13. The molecule has 2 aliphatic rings. The van der Waals surface area contributed by atoms with E-state index in [-0.39, 0.29) is 25.2 Å². The van der Waals surface area contributed by atoms with Crippen LogP contribution in [0.3, 0.4) is 0 Å². The molecule has 1 atom stereocenters. The molecule has 3 aromatic rings. The average molecular weight is 546 g/mol. The Labute approximate surface area is 222 Å². The summed E-state index contributed by atoms with van der Waals surface area (Å²) in [5, 5.41) is 8.93. The van der Waals surface area contributed by atoms with Gasteiger partial charge in [-0.05, 0) is 55.5 Å². The molecule has 206 valence electrons. The number of hydrogen-bond acceptors (Lipinski definition) is 7. The van der Waals surface area contributed by atoms with Crippen LogP contribution in [0.25, 0.3) is 11.3 Å². The Kier molecular flexibility index (Phi) is 7.40. The third-order valence-electron chi connectivity index (χ3n) is 6.63. The Morgan fingerprint density at radius 1 is 1.23 bits per heavy atom. The van der Waals surface area contributed by atoms with Crippen LogP contribution in [-0.2, 0) is 0 Å². The van der Waals surface area contributed by atoms with E-state index in [4.69, 9.17) is 4.74 Å². The monoisotopic (exact) mass is 545 g/mol. The van der Waals surface area contributed by atoms with Gasteiger partial charge in [0.25, 0.3) is 0 Å². The van der Waals surface area contributed by atoms with Gasteiger partial charge in [-0.3, -0.25) is 0 Å². The van der Waals surface area contributed by atoms with E-state index in [1.807, 2.05) is 6.07 Å². The van der Waals surface area contributed by atoms with Gasteiger partial charge in [0.15, 0.2) is 11.6 Å². The van der Waals surface area contributed by atoms with Gasteiger partial charge in [0.2, 0.25) is 0 Å². The summed E-state index contributed by atoms with van der Waals surface area (Å²) in [6, 6.07) is 5.62. The Bertz CT molecular complexity index is 1370. The highest BCUT2D eigenvalue weighted by Gasteiger charge is 2.36. The molecular formula is C26H27F4N7O2. The van der Waals surface area contributed by atoms with Gasteiger partial charge < -0.3 is 25.6 Å². The number of carbonyl (C=O) groups excluding carboxylic acids is 1. The molecule has 0 saturated carbocycles. The SMILES string of the molecule is Cc1cc(F)c(NC(=O)N2CCC(CC(F)(F)F)C2)cc1Nc1ncccc1-c1ncnc2c1OCCCN2. The minimum absolute atomic E-state index is 0.0403. The summed E-state index contributed by atoms with van der Waals surface area (Å²) in [5.41, 5.74) is 2.08. The van der Waals surface area contributed by atoms with Gasteiger partial charge in [0, 0.05) is 43.5 Å². The number of aromatic nitrogens is 3. The normalized spacial score (nSPS) is 17.1. The summed E-state index contributed by atoms with van der Waals surface area (Å²) < 4.78 is 58.9. The van der Waals surface area contributed by atoms with Gasteiger partial charge in [-0.2, -0.15) is 13.2 Å². The quantitative estimate of drug-likeness (QED) is 0.352. The number of nitrogens with zero attached hydrogens (tertiary/aromatic N) is 4. The molecule has 9 nitrogen and oxygen atoms in total. The molecule has 4 heterocycles. The molecule has 1 unspecified atom stereocenters. The largest absolute Gasteiger partial charge is 0.487 e. The number of alkyl halides is 3. The third-order valence-corrected chi connectivity index (χ3v) is 6.63. The van der Waals surface area contributed by atoms with Crippen molar-refractivity contribution in [3.8, 4) is 17.0 Å². The molecule has 3 N–H and O–H groups in total. The highest BCUT2D eigenvalue weighted by molar-refractivity contribution is 5.91. The van der Waals surface area contributed by atoms with E-state index in [2.05, 4.69) is 30.9 Å². The molecule has 0 spiro atoms. The minimum atomic E-state index is -4.29. The molecule has 13 heteroatoms. The predicted octanol–water partition coefficient (Wildman–Crippen LogP) is 5.73. The van der Waals surface area contributed by atoms with Crippen molar-refractivity contribution in [1.82, 2.24) is 19.9 Å². The number of urea groups is 1. The molecule has 0 radical (unpaired) electrons. The Hall–Kier alpha value is -4.16. The van der Waals surface area contributed by atoms with Crippen molar-refractivity contribution in [3.63, 3.8) is 0 Å². The number of amides is 2. The summed E-state index contributed by atoms with van der Waals surface area (Å²) in [5.74, 6) is 0.167. The highest BCUT2D eigenvalue weighted by atomic mass is 19.4. The molecule has 0 aliphatic carbocycles. The van der Waals surface area contributed by atoms with Crippen molar-refractivity contribution in [2.75, 3.05) is 42.2 Å².